The molecule has 0 saturated carbocycles. The third-order valence-corrected chi connectivity index (χ3v) is 3.61. The van der Waals surface area contributed by atoms with Crippen LogP contribution in [0.3, 0.4) is 0 Å². The van der Waals surface area contributed by atoms with Gasteiger partial charge in [-0.1, -0.05) is 18.5 Å². The molecule has 21 heavy (non-hydrogen) atoms. The maximum atomic E-state index is 13.5. The van der Waals surface area contributed by atoms with E-state index in [1.807, 2.05) is 25.1 Å². The van der Waals surface area contributed by atoms with Crippen LogP contribution in [0.4, 0.5) is 4.39 Å². The Bertz CT molecular complexity index is 782. The molecule has 1 N–H and O–H groups in total. The summed E-state index contributed by atoms with van der Waals surface area (Å²) < 4.78 is 19.3. The van der Waals surface area contributed by atoms with Gasteiger partial charge in [0.2, 0.25) is 0 Å². The first-order chi connectivity index (χ1) is 10.2. The number of nitrogens with one attached hydrogen (secondary N) is 1. The minimum absolute atomic E-state index is 0.245. The molecular weight excluding hydrogens is 289 g/mol. The van der Waals surface area contributed by atoms with Crippen molar-refractivity contribution in [2.45, 2.75) is 13.5 Å². The molecule has 0 bridgehead atoms. The fraction of sp³-hybridized carbons (Fsp3) is 0.176. The molecule has 0 atom stereocenters. The lowest BCUT2D eigenvalue weighted by molar-refractivity contribution is 0.615. The van der Waals surface area contributed by atoms with Crippen LogP contribution < -0.4 is 5.32 Å². The molecule has 0 radical (unpaired) electrons. The molecule has 0 aliphatic heterocycles. The van der Waals surface area contributed by atoms with Crippen molar-refractivity contribution >= 4 is 22.6 Å². The lowest BCUT2D eigenvalue weighted by Gasteiger charge is -2.08. The third kappa shape index (κ3) is 2.94. The van der Waals surface area contributed by atoms with Gasteiger partial charge in [0.05, 0.1) is 0 Å². The minimum Gasteiger partial charge on any atom is -0.456 e. The van der Waals surface area contributed by atoms with E-state index in [4.69, 9.17) is 16.0 Å². The van der Waals surface area contributed by atoms with Crippen LogP contribution in [0.2, 0.25) is 5.02 Å². The van der Waals surface area contributed by atoms with Crippen LogP contribution in [0.25, 0.3) is 22.3 Å². The molecule has 0 spiro atoms. The Hall–Kier alpha value is -1.84. The molecule has 3 rings (SSSR count). The van der Waals surface area contributed by atoms with Gasteiger partial charge in [0.25, 0.3) is 0 Å². The molecule has 0 fully saturated rings. The van der Waals surface area contributed by atoms with Crippen LogP contribution in [0.1, 0.15) is 12.5 Å². The molecule has 0 aliphatic rings. The standard InChI is InChI=1S/C17H15ClFNO/c1-2-20-10-12-8-14(19)4-5-15(12)17-9-11-7-13(18)3-6-16(11)21-17/h3-9,20H,2,10H2,1H3. The molecule has 108 valence electrons. The maximum Gasteiger partial charge on any atom is 0.135 e. The normalized spacial score (nSPS) is 11.2. The van der Waals surface area contributed by atoms with Crippen LogP contribution in [0, 0.1) is 5.82 Å². The van der Waals surface area contributed by atoms with Crippen molar-refractivity contribution in [2.75, 3.05) is 6.54 Å². The van der Waals surface area contributed by atoms with Crippen LogP contribution in [0.15, 0.2) is 46.9 Å². The number of benzene rings is 2. The highest BCUT2D eigenvalue weighted by Gasteiger charge is 2.11. The second kappa shape index (κ2) is 5.88. The molecule has 2 aromatic carbocycles. The average molecular weight is 304 g/mol. The summed E-state index contributed by atoms with van der Waals surface area (Å²) in [5, 5.41) is 4.82. The van der Waals surface area contributed by atoms with Gasteiger partial charge in [0.1, 0.15) is 17.2 Å². The molecule has 0 saturated heterocycles. The molecule has 0 unspecified atom stereocenters. The summed E-state index contributed by atoms with van der Waals surface area (Å²) in [5.74, 6) is 0.478. The lowest BCUT2D eigenvalue weighted by Crippen LogP contribution is -2.12. The summed E-state index contributed by atoms with van der Waals surface area (Å²) >= 11 is 5.99. The van der Waals surface area contributed by atoms with Gasteiger partial charge < -0.3 is 9.73 Å². The van der Waals surface area contributed by atoms with Crippen molar-refractivity contribution in [2.24, 2.45) is 0 Å². The predicted molar refractivity (Wildman–Crippen MR) is 84.0 cm³/mol. The highest BCUT2D eigenvalue weighted by molar-refractivity contribution is 6.31. The van der Waals surface area contributed by atoms with E-state index in [1.54, 1.807) is 12.1 Å². The zero-order chi connectivity index (χ0) is 14.8. The Morgan fingerprint density at radius 1 is 1.14 bits per heavy atom. The van der Waals surface area contributed by atoms with E-state index >= 15 is 0 Å². The van der Waals surface area contributed by atoms with Gasteiger partial charge in [0, 0.05) is 22.5 Å². The highest BCUT2D eigenvalue weighted by atomic mass is 35.5. The molecule has 3 aromatic rings. The first-order valence-corrected chi connectivity index (χ1v) is 7.24. The average Bonchev–Trinajstić information content (AvgIpc) is 2.87. The van der Waals surface area contributed by atoms with Crippen molar-refractivity contribution < 1.29 is 8.81 Å². The van der Waals surface area contributed by atoms with E-state index in [0.717, 1.165) is 34.4 Å². The zero-order valence-corrected chi connectivity index (χ0v) is 12.4. The predicted octanol–water partition coefficient (Wildman–Crippen LogP) is 5.00. The van der Waals surface area contributed by atoms with E-state index < -0.39 is 0 Å². The number of hydrogen-bond donors (Lipinski definition) is 1. The van der Waals surface area contributed by atoms with Gasteiger partial charge in [0.15, 0.2) is 0 Å². The quantitative estimate of drug-likeness (QED) is 0.733. The number of hydrogen-bond acceptors (Lipinski definition) is 2. The summed E-state index contributed by atoms with van der Waals surface area (Å²) in [7, 11) is 0. The Balaban J connectivity index is 2.08. The third-order valence-electron chi connectivity index (χ3n) is 3.38. The summed E-state index contributed by atoms with van der Waals surface area (Å²) in [4.78, 5) is 0. The Morgan fingerprint density at radius 3 is 2.81 bits per heavy atom. The van der Waals surface area contributed by atoms with Crippen molar-refractivity contribution in [3.05, 3.63) is 58.9 Å². The SMILES string of the molecule is CCNCc1cc(F)ccc1-c1cc2cc(Cl)ccc2o1. The lowest BCUT2D eigenvalue weighted by atomic mass is 10.0. The molecule has 1 heterocycles. The van der Waals surface area contributed by atoms with E-state index in [0.29, 0.717) is 11.6 Å². The highest BCUT2D eigenvalue weighted by Crippen LogP contribution is 2.31. The van der Waals surface area contributed by atoms with Gasteiger partial charge in [-0.25, -0.2) is 4.39 Å². The van der Waals surface area contributed by atoms with Gasteiger partial charge >= 0.3 is 0 Å². The topological polar surface area (TPSA) is 25.2 Å². The molecule has 1 aromatic heterocycles. The van der Waals surface area contributed by atoms with E-state index in [9.17, 15) is 4.39 Å². The number of halogens is 2. The fourth-order valence-electron chi connectivity index (χ4n) is 2.36. The van der Waals surface area contributed by atoms with Crippen molar-refractivity contribution in [1.29, 1.82) is 0 Å². The minimum atomic E-state index is -0.245. The Morgan fingerprint density at radius 2 is 2.00 bits per heavy atom. The molecule has 4 heteroatoms. The van der Waals surface area contributed by atoms with E-state index in [2.05, 4.69) is 5.32 Å². The van der Waals surface area contributed by atoms with Gasteiger partial charge in [-0.2, -0.15) is 0 Å². The van der Waals surface area contributed by atoms with E-state index in [-0.39, 0.29) is 5.82 Å². The first-order valence-electron chi connectivity index (χ1n) is 6.86. The Labute approximate surface area is 127 Å². The van der Waals surface area contributed by atoms with Crippen molar-refractivity contribution in [3.63, 3.8) is 0 Å². The van der Waals surface area contributed by atoms with Gasteiger partial charge in [-0.05, 0) is 54.6 Å². The molecular formula is C17H15ClFNO. The smallest absolute Gasteiger partial charge is 0.135 e. The number of fused-ring (bicyclic) bond motifs is 1. The van der Waals surface area contributed by atoms with Gasteiger partial charge in [-0.3, -0.25) is 0 Å². The van der Waals surface area contributed by atoms with Crippen LogP contribution in [-0.2, 0) is 6.54 Å². The zero-order valence-electron chi connectivity index (χ0n) is 11.6. The molecule has 0 amide bonds. The molecule has 0 aliphatic carbocycles. The summed E-state index contributed by atoms with van der Waals surface area (Å²) in [6, 6.07) is 12.2. The summed E-state index contributed by atoms with van der Waals surface area (Å²) in [6.07, 6.45) is 0. The second-order valence-corrected chi connectivity index (χ2v) is 5.31. The fourth-order valence-corrected chi connectivity index (χ4v) is 2.54. The largest absolute Gasteiger partial charge is 0.456 e. The van der Waals surface area contributed by atoms with Crippen LogP contribution >= 0.6 is 11.6 Å². The van der Waals surface area contributed by atoms with Gasteiger partial charge in [-0.15, -0.1) is 0 Å². The van der Waals surface area contributed by atoms with E-state index in [1.165, 1.54) is 12.1 Å². The van der Waals surface area contributed by atoms with Crippen molar-refractivity contribution in [3.8, 4) is 11.3 Å². The summed E-state index contributed by atoms with van der Waals surface area (Å²) in [5.41, 5.74) is 2.54. The van der Waals surface area contributed by atoms with Crippen LogP contribution in [-0.4, -0.2) is 6.54 Å². The summed E-state index contributed by atoms with van der Waals surface area (Å²) in [6.45, 7) is 3.44. The first kappa shape index (κ1) is 14.1. The van der Waals surface area contributed by atoms with Crippen molar-refractivity contribution in [1.82, 2.24) is 5.32 Å². The number of rotatable bonds is 4. The van der Waals surface area contributed by atoms with Crippen LogP contribution in [0.5, 0.6) is 0 Å². The second-order valence-electron chi connectivity index (χ2n) is 4.87. The monoisotopic (exact) mass is 303 g/mol. The Kier molecular flexibility index (Phi) is 3.95. The number of furan rings is 1. The molecule has 2 nitrogen and oxygen atoms in total. The maximum absolute atomic E-state index is 13.5.